The van der Waals surface area contributed by atoms with E-state index in [-0.39, 0.29) is 20.7 Å². The van der Waals surface area contributed by atoms with Gasteiger partial charge in [-0.25, -0.2) is 4.79 Å². The average molecular weight is 284 g/mol. The monoisotopic (exact) mass is 284 g/mol. The summed E-state index contributed by atoms with van der Waals surface area (Å²) in [7, 11) is -0.231. The fourth-order valence-electron chi connectivity index (χ4n) is 2.48. The van der Waals surface area contributed by atoms with Gasteiger partial charge in [0.25, 0.3) is 0 Å². The van der Waals surface area contributed by atoms with Crippen LogP contribution < -0.4 is 0 Å². The topological polar surface area (TPSA) is 35.5 Å². The number of hydrogen-bond acceptors (Lipinski definition) is 3. The number of carbonyl (C=O) groups excluding carboxylic acids is 1. The van der Waals surface area contributed by atoms with Gasteiger partial charge in [-0.1, -0.05) is 13.1 Å². The molecule has 1 atom stereocenters. The first-order valence-electron chi connectivity index (χ1n) is 7.33. The van der Waals surface area contributed by atoms with Crippen molar-refractivity contribution in [3.05, 3.63) is 12.2 Å². The van der Waals surface area contributed by atoms with Crippen LogP contribution >= 0.6 is 0 Å². The summed E-state index contributed by atoms with van der Waals surface area (Å²) in [5.74, 6) is -0.294. The Morgan fingerprint density at radius 1 is 1.47 bits per heavy atom. The molecule has 0 spiro atoms. The maximum Gasteiger partial charge on any atom is 0.333 e. The quantitative estimate of drug-likeness (QED) is 0.427. The third kappa shape index (κ3) is 5.11. The molecule has 4 heteroatoms. The Bertz CT molecular complexity index is 330. The average Bonchev–Trinajstić information content (AvgIpc) is 2.37. The van der Waals surface area contributed by atoms with Gasteiger partial charge in [0.15, 0.2) is 0 Å². The third-order valence-electron chi connectivity index (χ3n) is 3.98. The van der Waals surface area contributed by atoms with E-state index in [1.807, 2.05) is 13.8 Å². The summed E-state index contributed by atoms with van der Waals surface area (Å²) in [6.07, 6.45) is 5.50. The molecule has 0 amide bonds. The Labute approximate surface area is 119 Å². The summed E-state index contributed by atoms with van der Waals surface area (Å²) < 4.78 is 11.6. The van der Waals surface area contributed by atoms with Crippen LogP contribution in [0.3, 0.4) is 0 Å². The minimum atomic E-state index is -0.437. The lowest BCUT2D eigenvalue weighted by Crippen LogP contribution is -2.43. The van der Waals surface area contributed by atoms with Crippen molar-refractivity contribution in [2.45, 2.75) is 70.2 Å². The highest BCUT2D eigenvalue weighted by atomic mass is 28.2. The molecule has 0 radical (unpaired) electrons. The van der Waals surface area contributed by atoms with E-state index in [2.05, 4.69) is 13.1 Å². The first kappa shape index (κ1) is 16.4. The first-order chi connectivity index (χ1) is 8.80. The molecule has 0 aromatic rings. The van der Waals surface area contributed by atoms with E-state index in [1.165, 1.54) is 19.3 Å². The summed E-state index contributed by atoms with van der Waals surface area (Å²) in [5, 5.41) is 0.130. The van der Waals surface area contributed by atoms with Crippen molar-refractivity contribution in [1.82, 2.24) is 0 Å². The van der Waals surface area contributed by atoms with E-state index >= 15 is 0 Å². The molecule has 19 heavy (non-hydrogen) atoms. The van der Waals surface area contributed by atoms with Crippen molar-refractivity contribution in [2.75, 3.05) is 6.61 Å². The smallest absolute Gasteiger partial charge is 0.333 e. The zero-order chi connectivity index (χ0) is 14.5. The summed E-state index contributed by atoms with van der Waals surface area (Å²) >= 11 is 0. The van der Waals surface area contributed by atoms with E-state index in [9.17, 15) is 4.79 Å². The van der Waals surface area contributed by atoms with Gasteiger partial charge in [-0.05, 0) is 52.9 Å². The first-order valence-corrected chi connectivity index (χ1v) is 9.45. The molecule has 110 valence electrons. The molecule has 0 aromatic carbocycles. The largest absolute Gasteiger partial charge is 0.456 e. The second-order valence-electron chi connectivity index (χ2n) is 6.27. The molecule has 3 nitrogen and oxygen atoms in total. The molecule has 0 N–H and O–H groups in total. The van der Waals surface area contributed by atoms with Crippen molar-refractivity contribution in [2.24, 2.45) is 0 Å². The predicted molar refractivity (Wildman–Crippen MR) is 81.2 cm³/mol. The van der Waals surface area contributed by atoms with Crippen LogP contribution in [0.2, 0.25) is 6.55 Å². The molecule has 1 aliphatic heterocycles. The molecular formula is C15H28O3Si. The highest BCUT2D eigenvalue weighted by molar-refractivity contribution is 6.37. The fourth-order valence-corrected chi connectivity index (χ4v) is 3.96. The van der Waals surface area contributed by atoms with Crippen molar-refractivity contribution >= 4 is 15.5 Å². The van der Waals surface area contributed by atoms with Gasteiger partial charge in [0, 0.05) is 12.2 Å². The van der Waals surface area contributed by atoms with Crippen molar-refractivity contribution in [1.29, 1.82) is 0 Å². The SMILES string of the molecule is C=C(C)C(=O)OC(C)(C)CCC1([SiH2]C)CCCCO1. The van der Waals surface area contributed by atoms with Crippen LogP contribution in [0.25, 0.3) is 0 Å². The number of carbonyl (C=O) groups is 1. The summed E-state index contributed by atoms with van der Waals surface area (Å²) in [6.45, 7) is 12.5. The van der Waals surface area contributed by atoms with Crippen molar-refractivity contribution in [3.63, 3.8) is 0 Å². The lowest BCUT2D eigenvalue weighted by molar-refractivity contribution is -0.153. The van der Waals surface area contributed by atoms with Crippen LogP contribution in [-0.4, -0.2) is 32.9 Å². The molecule has 1 saturated heterocycles. The minimum Gasteiger partial charge on any atom is -0.456 e. The zero-order valence-electron chi connectivity index (χ0n) is 12.9. The van der Waals surface area contributed by atoms with Gasteiger partial charge in [0.1, 0.15) is 5.60 Å². The van der Waals surface area contributed by atoms with Crippen LogP contribution in [0.15, 0.2) is 12.2 Å². The molecular weight excluding hydrogens is 256 g/mol. The van der Waals surface area contributed by atoms with Gasteiger partial charge in [0.05, 0.1) is 14.7 Å². The second kappa shape index (κ2) is 6.71. The predicted octanol–water partition coefficient (Wildman–Crippen LogP) is 2.78. The fraction of sp³-hybridized carbons (Fsp3) is 0.800. The van der Waals surface area contributed by atoms with Gasteiger partial charge in [-0.15, -0.1) is 0 Å². The Hall–Kier alpha value is -0.613. The van der Waals surface area contributed by atoms with Crippen molar-refractivity contribution in [3.8, 4) is 0 Å². The molecule has 1 unspecified atom stereocenters. The maximum absolute atomic E-state index is 11.6. The molecule has 0 aliphatic carbocycles. The van der Waals surface area contributed by atoms with Crippen LogP contribution in [0.5, 0.6) is 0 Å². The van der Waals surface area contributed by atoms with E-state index < -0.39 is 5.60 Å². The van der Waals surface area contributed by atoms with E-state index in [4.69, 9.17) is 9.47 Å². The van der Waals surface area contributed by atoms with Crippen LogP contribution in [0.4, 0.5) is 0 Å². The molecule has 1 fully saturated rings. The number of hydrogen-bond donors (Lipinski definition) is 0. The molecule has 0 bridgehead atoms. The summed E-state index contributed by atoms with van der Waals surface area (Å²) in [6, 6.07) is 0. The molecule has 0 aromatic heterocycles. The number of rotatable bonds is 6. The molecule has 0 saturated carbocycles. The highest BCUT2D eigenvalue weighted by Crippen LogP contribution is 2.32. The van der Waals surface area contributed by atoms with E-state index in [1.54, 1.807) is 6.92 Å². The lowest BCUT2D eigenvalue weighted by Gasteiger charge is -2.39. The van der Waals surface area contributed by atoms with Gasteiger partial charge in [-0.3, -0.25) is 0 Å². The minimum absolute atomic E-state index is 0.130. The number of esters is 1. The normalized spacial score (nSPS) is 24.6. The zero-order valence-corrected chi connectivity index (χ0v) is 14.3. The standard InChI is InChI=1S/C15H28O3Si/c1-12(2)13(16)18-14(3,4)9-10-15(19-5)8-6-7-11-17-15/h1,6-11,19H2,2-5H3. The van der Waals surface area contributed by atoms with Crippen LogP contribution in [-0.2, 0) is 14.3 Å². The molecule has 1 heterocycles. The molecule has 1 aliphatic rings. The Morgan fingerprint density at radius 3 is 2.63 bits per heavy atom. The Morgan fingerprint density at radius 2 is 2.16 bits per heavy atom. The molecule has 1 rings (SSSR count). The Balaban J connectivity index is 2.53. The highest BCUT2D eigenvalue weighted by Gasteiger charge is 2.34. The van der Waals surface area contributed by atoms with E-state index in [0.717, 1.165) is 19.4 Å². The van der Waals surface area contributed by atoms with Gasteiger partial charge >= 0.3 is 5.97 Å². The third-order valence-corrected chi connectivity index (χ3v) is 6.18. The van der Waals surface area contributed by atoms with E-state index in [0.29, 0.717) is 5.57 Å². The van der Waals surface area contributed by atoms with Crippen LogP contribution in [0, 0.1) is 0 Å². The lowest BCUT2D eigenvalue weighted by atomic mass is 9.95. The van der Waals surface area contributed by atoms with Crippen molar-refractivity contribution < 1.29 is 14.3 Å². The summed E-state index contributed by atoms with van der Waals surface area (Å²) in [5.41, 5.74) is 0.0227. The number of ether oxygens (including phenoxy) is 2. The van der Waals surface area contributed by atoms with Gasteiger partial charge < -0.3 is 9.47 Å². The maximum atomic E-state index is 11.6. The van der Waals surface area contributed by atoms with Crippen LogP contribution in [0.1, 0.15) is 52.9 Å². The Kier molecular flexibility index (Phi) is 5.80. The summed E-state index contributed by atoms with van der Waals surface area (Å²) in [4.78, 5) is 11.6. The second-order valence-corrected chi connectivity index (χ2v) is 8.27. The van der Waals surface area contributed by atoms with Gasteiger partial charge in [0.2, 0.25) is 0 Å². The van der Waals surface area contributed by atoms with Gasteiger partial charge in [-0.2, -0.15) is 0 Å².